The van der Waals surface area contributed by atoms with Crippen molar-refractivity contribution in [3.63, 3.8) is 0 Å². The predicted molar refractivity (Wildman–Crippen MR) is 80.5 cm³/mol. The maximum Gasteiger partial charge on any atom is 0.0599 e. The summed E-state index contributed by atoms with van der Waals surface area (Å²) >= 11 is 0. The Kier molecular flexibility index (Phi) is 5.67. The van der Waals surface area contributed by atoms with Crippen LogP contribution in [-0.2, 0) is 4.74 Å². The summed E-state index contributed by atoms with van der Waals surface area (Å²) in [6.45, 7) is 15.1. The molecule has 2 heterocycles. The van der Waals surface area contributed by atoms with Crippen LogP contribution in [0.1, 0.15) is 47.0 Å². The maximum atomic E-state index is 6.17. The Bertz CT molecular complexity index is 259. The summed E-state index contributed by atoms with van der Waals surface area (Å²) in [5.41, 5.74) is 0. The predicted octanol–water partition coefficient (Wildman–Crippen LogP) is 2.61. The zero-order chi connectivity index (χ0) is 13.8. The van der Waals surface area contributed by atoms with Gasteiger partial charge in [-0.1, -0.05) is 0 Å². The Morgan fingerprint density at radius 3 is 2.00 bits per heavy atom. The van der Waals surface area contributed by atoms with Gasteiger partial charge in [-0.2, -0.15) is 0 Å². The first-order valence-electron chi connectivity index (χ1n) is 8.16. The largest absolute Gasteiger partial charge is 0.378 e. The zero-order valence-corrected chi connectivity index (χ0v) is 13.3. The number of likely N-dealkylation sites (tertiary alicyclic amines) is 2. The van der Waals surface area contributed by atoms with Crippen molar-refractivity contribution >= 4 is 0 Å². The molecule has 0 spiro atoms. The van der Waals surface area contributed by atoms with Gasteiger partial charge < -0.3 is 14.5 Å². The number of rotatable bonds is 5. The van der Waals surface area contributed by atoms with E-state index in [0.717, 1.165) is 12.5 Å². The average molecular weight is 268 g/mol. The van der Waals surface area contributed by atoms with E-state index in [1.807, 2.05) is 0 Å². The van der Waals surface area contributed by atoms with Gasteiger partial charge in [0, 0.05) is 31.7 Å². The standard InChI is InChI=1S/C16H32N2O/c1-13(2)17-9-6-16(7-10-17)19-12-15-5-8-18(11-15)14(3)4/h13-16H,5-12H2,1-4H3. The molecule has 2 aliphatic heterocycles. The van der Waals surface area contributed by atoms with Crippen molar-refractivity contribution in [2.75, 3.05) is 32.8 Å². The minimum Gasteiger partial charge on any atom is -0.378 e. The highest BCUT2D eigenvalue weighted by molar-refractivity contribution is 4.79. The van der Waals surface area contributed by atoms with E-state index < -0.39 is 0 Å². The molecule has 3 heteroatoms. The quantitative estimate of drug-likeness (QED) is 0.762. The Balaban J connectivity index is 1.62. The van der Waals surface area contributed by atoms with E-state index in [1.54, 1.807) is 0 Å². The Labute approximate surface area is 119 Å². The number of nitrogens with zero attached hydrogens (tertiary/aromatic N) is 2. The SMILES string of the molecule is CC(C)N1CCC(OCC2CCN(C(C)C)C2)CC1. The molecule has 0 aromatic carbocycles. The van der Waals surface area contributed by atoms with Crippen LogP contribution in [0.15, 0.2) is 0 Å². The maximum absolute atomic E-state index is 6.17. The first-order chi connectivity index (χ1) is 9.06. The van der Waals surface area contributed by atoms with E-state index in [4.69, 9.17) is 4.74 Å². The molecule has 0 aromatic rings. The molecule has 3 nitrogen and oxygen atoms in total. The van der Waals surface area contributed by atoms with E-state index in [2.05, 4.69) is 37.5 Å². The van der Waals surface area contributed by atoms with Crippen LogP contribution in [-0.4, -0.2) is 60.8 Å². The molecule has 2 aliphatic rings. The molecule has 0 aliphatic carbocycles. The monoisotopic (exact) mass is 268 g/mol. The third-order valence-corrected chi connectivity index (χ3v) is 4.82. The van der Waals surface area contributed by atoms with Gasteiger partial charge >= 0.3 is 0 Å². The molecule has 0 radical (unpaired) electrons. The lowest BCUT2D eigenvalue weighted by atomic mass is 10.1. The fourth-order valence-corrected chi connectivity index (χ4v) is 3.30. The Morgan fingerprint density at radius 2 is 1.47 bits per heavy atom. The molecule has 2 fully saturated rings. The van der Waals surface area contributed by atoms with Crippen LogP contribution < -0.4 is 0 Å². The smallest absolute Gasteiger partial charge is 0.0599 e. The summed E-state index contributed by atoms with van der Waals surface area (Å²) in [5.74, 6) is 0.769. The van der Waals surface area contributed by atoms with Gasteiger partial charge in [-0.15, -0.1) is 0 Å². The van der Waals surface area contributed by atoms with Crippen molar-refractivity contribution in [2.45, 2.75) is 65.1 Å². The number of hydrogen-bond donors (Lipinski definition) is 0. The molecule has 0 aromatic heterocycles. The van der Waals surface area contributed by atoms with E-state index >= 15 is 0 Å². The Morgan fingerprint density at radius 1 is 0.895 bits per heavy atom. The molecule has 1 atom stereocenters. The molecule has 0 N–H and O–H groups in total. The molecule has 0 bridgehead atoms. The van der Waals surface area contributed by atoms with Gasteiger partial charge in [-0.25, -0.2) is 0 Å². The average Bonchev–Trinajstić information content (AvgIpc) is 2.86. The van der Waals surface area contributed by atoms with Gasteiger partial charge in [0.15, 0.2) is 0 Å². The zero-order valence-electron chi connectivity index (χ0n) is 13.3. The van der Waals surface area contributed by atoms with Crippen LogP contribution in [0.3, 0.4) is 0 Å². The molecule has 0 saturated carbocycles. The van der Waals surface area contributed by atoms with Gasteiger partial charge in [0.25, 0.3) is 0 Å². The lowest BCUT2D eigenvalue weighted by Gasteiger charge is -2.34. The molecule has 2 rings (SSSR count). The summed E-state index contributed by atoms with van der Waals surface area (Å²) in [6, 6.07) is 1.38. The molecule has 19 heavy (non-hydrogen) atoms. The third-order valence-electron chi connectivity index (χ3n) is 4.82. The van der Waals surface area contributed by atoms with E-state index in [0.29, 0.717) is 18.2 Å². The first-order valence-corrected chi connectivity index (χ1v) is 8.16. The molecular formula is C16H32N2O. The summed E-state index contributed by atoms with van der Waals surface area (Å²) in [4.78, 5) is 5.14. The van der Waals surface area contributed by atoms with Gasteiger partial charge in [0.05, 0.1) is 12.7 Å². The van der Waals surface area contributed by atoms with Crippen molar-refractivity contribution in [2.24, 2.45) is 5.92 Å². The lowest BCUT2D eigenvalue weighted by Crippen LogP contribution is -2.41. The second-order valence-electron chi connectivity index (χ2n) is 6.91. The minimum atomic E-state index is 0.517. The fraction of sp³-hybridized carbons (Fsp3) is 1.00. The van der Waals surface area contributed by atoms with Crippen molar-refractivity contribution in [1.82, 2.24) is 9.80 Å². The molecule has 0 amide bonds. The summed E-state index contributed by atoms with van der Waals surface area (Å²) in [5, 5.41) is 0. The van der Waals surface area contributed by atoms with Gasteiger partial charge in [0.2, 0.25) is 0 Å². The van der Waals surface area contributed by atoms with E-state index in [9.17, 15) is 0 Å². The van der Waals surface area contributed by atoms with Crippen molar-refractivity contribution < 1.29 is 4.74 Å². The summed E-state index contributed by atoms with van der Waals surface area (Å²) in [6.07, 6.45) is 4.28. The van der Waals surface area contributed by atoms with Crippen LogP contribution in [0.4, 0.5) is 0 Å². The highest BCUT2D eigenvalue weighted by Crippen LogP contribution is 2.21. The van der Waals surface area contributed by atoms with Crippen LogP contribution >= 0.6 is 0 Å². The van der Waals surface area contributed by atoms with Crippen LogP contribution in [0, 0.1) is 5.92 Å². The highest BCUT2D eigenvalue weighted by atomic mass is 16.5. The van der Waals surface area contributed by atoms with Gasteiger partial charge in [0.1, 0.15) is 0 Å². The highest BCUT2D eigenvalue weighted by Gasteiger charge is 2.26. The molecular weight excluding hydrogens is 236 g/mol. The molecule has 2 saturated heterocycles. The lowest BCUT2D eigenvalue weighted by molar-refractivity contribution is -0.0131. The van der Waals surface area contributed by atoms with Crippen LogP contribution in [0.2, 0.25) is 0 Å². The molecule has 1 unspecified atom stereocenters. The van der Waals surface area contributed by atoms with Crippen LogP contribution in [0.5, 0.6) is 0 Å². The minimum absolute atomic E-state index is 0.517. The number of ether oxygens (including phenoxy) is 1. The third kappa shape index (κ3) is 4.44. The normalized spacial score (nSPS) is 27.8. The topological polar surface area (TPSA) is 15.7 Å². The fourth-order valence-electron chi connectivity index (χ4n) is 3.30. The van der Waals surface area contributed by atoms with E-state index in [1.165, 1.54) is 45.4 Å². The Hall–Kier alpha value is -0.120. The summed E-state index contributed by atoms with van der Waals surface area (Å²) < 4.78 is 6.17. The van der Waals surface area contributed by atoms with Crippen molar-refractivity contribution in [3.05, 3.63) is 0 Å². The number of hydrogen-bond acceptors (Lipinski definition) is 3. The van der Waals surface area contributed by atoms with E-state index in [-0.39, 0.29) is 0 Å². The van der Waals surface area contributed by atoms with Crippen molar-refractivity contribution in [1.29, 1.82) is 0 Å². The molecule has 112 valence electrons. The van der Waals surface area contributed by atoms with Gasteiger partial charge in [-0.05, 0) is 59.4 Å². The van der Waals surface area contributed by atoms with Crippen molar-refractivity contribution in [3.8, 4) is 0 Å². The second-order valence-corrected chi connectivity index (χ2v) is 6.91. The second kappa shape index (κ2) is 7.05. The van der Waals surface area contributed by atoms with Crippen LogP contribution in [0.25, 0.3) is 0 Å². The number of piperidine rings is 1. The summed E-state index contributed by atoms with van der Waals surface area (Å²) in [7, 11) is 0. The van der Waals surface area contributed by atoms with Gasteiger partial charge in [-0.3, -0.25) is 0 Å². The first kappa shape index (κ1) is 15.3.